The second-order valence-electron chi connectivity index (χ2n) is 15.9. The summed E-state index contributed by atoms with van der Waals surface area (Å²) >= 11 is 0. The molecule has 0 aliphatic carbocycles. The Labute approximate surface area is 349 Å². The van der Waals surface area contributed by atoms with Gasteiger partial charge in [-0.15, -0.1) is 0 Å². The van der Waals surface area contributed by atoms with Gasteiger partial charge in [-0.1, -0.05) is 151 Å². The minimum Gasteiger partial charge on any atom is -0.544 e. The van der Waals surface area contributed by atoms with Crippen LogP contribution in [-0.4, -0.2) is 75.5 Å². The lowest BCUT2D eigenvalue weighted by atomic mass is 10.1. The topological polar surface area (TPSA) is 102 Å². The standard InChI is InChI=1S/C49H83NO7/c1-6-8-10-12-14-16-18-19-20-21-22-23-24-25-26-27-28-30-32-34-36-38-40-48(52)57-45(43-55-42-41-46(49(53)54)50(3,4)5)44-56-47(51)39-37-35-33-31-29-17-15-13-11-9-7-2/h8,10,13-17,19-20,22-23,29,45-46H,6-7,9,11-12,18,21,24-28,30-44H2,1-5H3/b10-8+,15-13+,16-14+,20-19+,23-22+,29-17+. The molecule has 326 valence electrons. The van der Waals surface area contributed by atoms with E-state index >= 15 is 0 Å². The number of likely N-dealkylation sites (N-methyl/N-ethyl adjacent to an activating group) is 1. The van der Waals surface area contributed by atoms with Crippen LogP contribution in [-0.2, 0) is 28.6 Å². The van der Waals surface area contributed by atoms with Crippen LogP contribution in [0.3, 0.4) is 0 Å². The first-order valence-corrected chi connectivity index (χ1v) is 22.5. The number of aliphatic carboxylic acids is 1. The van der Waals surface area contributed by atoms with Gasteiger partial charge in [0, 0.05) is 19.3 Å². The number of carboxylic acids is 1. The van der Waals surface area contributed by atoms with Gasteiger partial charge in [0.25, 0.3) is 0 Å². The number of unbranched alkanes of at least 4 members (excludes halogenated alkanes) is 14. The van der Waals surface area contributed by atoms with Gasteiger partial charge in [0.1, 0.15) is 12.6 Å². The molecule has 0 aliphatic heterocycles. The zero-order chi connectivity index (χ0) is 42.1. The SMILES string of the molecule is CC/C=C/C/C=C/C/C=C/C/C=C/CCCCCCCCCCCC(=O)OC(COCCC(C(=O)[O-])[N+](C)(C)C)COC(=O)CCCCC/C=C/C=C/CCCC. The summed E-state index contributed by atoms with van der Waals surface area (Å²) in [6.45, 7) is 4.45. The highest BCUT2D eigenvalue weighted by Crippen LogP contribution is 2.14. The average Bonchev–Trinajstić information content (AvgIpc) is 3.17. The third-order valence-electron chi connectivity index (χ3n) is 9.60. The van der Waals surface area contributed by atoms with Crippen LogP contribution in [0.1, 0.15) is 168 Å². The molecular weight excluding hydrogens is 715 g/mol. The zero-order valence-corrected chi connectivity index (χ0v) is 37.0. The number of carbonyl (C=O) groups excluding carboxylic acids is 3. The van der Waals surface area contributed by atoms with Gasteiger partial charge in [-0.25, -0.2) is 0 Å². The Kier molecular flexibility index (Phi) is 37.3. The van der Waals surface area contributed by atoms with E-state index < -0.39 is 18.1 Å². The summed E-state index contributed by atoms with van der Waals surface area (Å²) in [7, 11) is 5.39. The van der Waals surface area contributed by atoms with E-state index in [1.165, 1.54) is 51.4 Å². The van der Waals surface area contributed by atoms with Gasteiger partial charge in [0.2, 0.25) is 0 Å². The highest BCUT2D eigenvalue weighted by molar-refractivity contribution is 5.70. The molecule has 0 radical (unpaired) electrons. The van der Waals surface area contributed by atoms with Gasteiger partial charge in [-0.3, -0.25) is 9.59 Å². The summed E-state index contributed by atoms with van der Waals surface area (Å²) in [5.74, 6) is -1.79. The number of nitrogens with zero attached hydrogens (tertiary/aromatic N) is 1. The summed E-state index contributed by atoms with van der Waals surface area (Å²) < 4.78 is 17.1. The molecule has 0 rings (SSSR count). The molecule has 0 fully saturated rings. The van der Waals surface area contributed by atoms with Crippen LogP contribution in [0.25, 0.3) is 0 Å². The van der Waals surface area contributed by atoms with Crippen molar-refractivity contribution < 1.29 is 38.2 Å². The van der Waals surface area contributed by atoms with Crippen molar-refractivity contribution in [1.29, 1.82) is 0 Å². The molecule has 2 unspecified atom stereocenters. The molecule has 0 saturated carbocycles. The van der Waals surface area contributed by atoms with Crippen molar-refractivity contribution in [2.24, 2.45) is 0 Å². The van der Waals surface area contributed by atoms with E-state index in [1.54, 1.807) is 21.1 Å². The minimum atomic E-state index is -1.13. The number of carboxylic acid groups (broad SMARTS) is 1. The molecule has 2 atom stereocenters. The van der Waals surface area contributed by atoms with Crippen LogP contribution < -0.4 is 5.11 Å². The number of esters is 2. The Morgan fingerprint density at radius 2 is 1.04 bits per heavy atom. The van der Waals surface area contributed by atoms with Gasteiger partial charge in [-0.2, -0.15) is 0 Å². The van der Waals surface area contributed by atoms with Gasteiger partial charge in [0.05, 0.1) is 40.3 Å². The Balaban J connectivity index is 4.31. The third kappa shape index (κ3) is 38.1. The molecule has 0 amide bonds. The lowest BCUT2D eigenvalue weighted by Gasteiger charge is -2.34. The van der Waals surface area contributed by atoms with Crippen LogP contribution in [0.2, 0.25) is 0 Å². The lowest BCUT2D eigenvalue weighted by molar-refractivity contribution is -0.889. The zero-order valence-electron chi connectivity index (χ0n) is 37.0. The van der Waals surface area contributed by atoms with E-state index in [2.05, 4.69) is 86.8 Å². The second kappa shape index (κ2) is 39.6. The Bertz CT molecular complexity index is 1160. The van der Waals surface area contributed by atoms with Crippen LogP contribution in [0.4, 0.5) is 0 Å². The average molecular weight is 798 g/mol. The highest BCUT2D eigenvalue weighted by Gasteiger charge is 2.25. The summed E-state index contributed by atoms with van der Waals surface area (Å²) in [4.78, 5) is 36.8. The van der Waals surface area contributed by atoms with Crippen LogP contribution in [0.15, 0.2) is 72.9 Å². The van der Waals surface area contributed by atoms with Gasteiger partial charge < -0.3 is 28.6 Å². The first-order chi connectivity index (χ1) is 27.6. The van der Waals surface area contributed by atoms with Crippen LogP contribution in [0.5, 0.6) is 0 Å². The molecule has 0 bridgehead atoms. The molecule has 0 heterocycles. The summed E-state index contributed by atoms with van der Waals surface area (Å²) in [5.41, 5.74) is 0. The van der Waals surface area contributed by atoms with Crippen molar-refractivity contribution in [3.63, 3.8) is 0 Å². The molecule has 0 N–H and O–H groups in total. The largest absolute Gasteiger partial charge is 0.544 e. The molecule has 0 aliphatic rings. The molecule has 0 aromatic heterocycles. The van der Waals surface area contributed by atoms with Crippen molar-refractivity contribution >= 4 is 17.9 Å². The maximum atomic E-state index is 12.7. The summed E-state index contributed by atoms with van der Waals surface area (Å²) in [6.07, 6.45) is 49.3. The molecule has 57 heavy (non-hydrogen) atoms. The van der Waals surface area contributed by atoms with Crippen LogP contribution >= 0.6 is 0 Å². The van der Waals surface area contributed by atoms with E-state index in [-0.39, 0.29) is 42.7 Å². The number of allylic oxidation sites excluding steroid dienone is 12. The van der Waals surface area contributed by atoms with E-state index in [9.17, 15) is 19.5 Å². The fraction of sp³-hybridized carbons (Fsp3) is 0.694. The first kappa shape index (κ1) is 53.8. The molecule has 8 heteroatoms. The predicted octanol–water partition coefficient (Wildman–Crippen LogP) is 11.0. The monoisotopic (exact) mass is 798 g/mol. The van der Waals surface area contributed by atoms with Crippen molar-refractivity contribution in [2.45, 2.75) is 180 Å². The molecule has 0 aromatic carbocycles. The Morgan fingerprint density at radius 3 is 1.58 bits per heavy atom. The maximum Gasteiger partial charge on any atom is 0.306 e. The van der Waals surface area contributed by atoms with Gasteiger partial charge in [-0.05, 0) is 70.6 Å². The number of hydrogen-bond donors (Lipinski definition) is 0. The molecule has 0 spiro atoms. The summed E-state index contributed by atoms with van der Waals surface area (Å²) in [5, 5.41) is 11.6. The quantitative estimate of drug-likeness (QED) is 0.0201. The van der Waals surface area contributed by atoms with Crippen molar-refractivity contribution in [1.82, 2.24) is 0 Å². The Hall–Kier alpha value is -3.23. The second-order valence-corrected chi connectivity index (χ2v) is 15.9. The number of carbonyl (C=O) groups is 3. The predicted molar refractivity (Wildman–Crippen MR) is 235 cm³/mol. The molecule has 0 saturated heterocycles. The number of hydrogen-bond acceptors (Lipinski definition) is 7. The molecule has 8 nitrogen and oxygen atoms in total. The van der Waals surface area contributed by atoms with Crippen LogP contribution in [0, 0.1) is 0 Å². The fourth-order valence-electron chi connectivity index (χ4n) is 6.10. The minimum absolute atomic E-state index is 0.0264. The lowest BCUT2D eigenvalue weighted by Crippen LogP contribution is -2.55. The van der Waals surface area contributed by atoms with E-state index in [4.69, 9.17) is 14.2 Å². The molecule has 0 aromatic rings. The number of quaternary nitrogens is 1. The molecular formula is C49H83NO7. The van der Waals surface area contributed by atoms with Crippen molar-refractivity contribution in [3.05, 3.63) is 72.9 Å². The number of rotatable bonds is 39. The maximum absolute atomic E-state index is 12.7. The van der Waals surface area contributed by atoms with E-state index in [0.29, 0.717) is 12.8 Å². The number of ether oxygens (including phenoxy) is 3. The smallest absolute Gasteiger partial charge is 0.306 e. The third-order valence-corrected chi connectivity index (χ3v) is 9.60. The Morgan fingerprint density at radius 1 is 0.561 bits per heavy atom. The van der Waals surface area contributed by atoms with E-state index in [1.807, 2.05) is 0 Å². The van der Waals surface area contributed by atoms with Gasteiger partial charge >= 0.3 is 11.9 Å². The first-order valence-electron chi connectivity index (χ1n) is 22.5. The van der Waals surface area contributed by atoms with E-state index in [0.717, 1.165) is 83.5 Å². The fourth-order valence-corrected chi connectivity index (χ4v) is 6.10. The normalized spacial score (nSPS) is 13.6. The van der Waals surface area contributed by atoms with Crippen molar-refractivity contribution in [2.75, 3.05) is 41.0 Å². The van der Waals surface area contributed by atoms with Gasteiger partial charge in [0.15, 0.2) is 6.10 Å². The summed E-state index contributed by atoms with van der Waals surface area (Å²) in [6, 6.07) is -0.733. The van der Waals surface area contributed by atoms with Crippen molar-refractivity contribution in [3.8, 4) is 0 Å². The highest BCUT2D eigenvalue weighted by atomic mass is 16.6.